The minimum absolute atomic E-state index is 0.827. The largest absolute Gasteiger partial charge is 0.0746 e. The number of hydrogen-bond acceptors (Lipinski definition) is 0. The van der Waals surface area contributed by atoms with Crippen molar-refractivity contribution in [2.24, 2.45) is 5.92 Å². The smallest absolute Gasteiger partial charge is 0.0120 e. The van der Waals surface area contributed by atoms with E-state index in [-0.39, 0.29) is 0 Å². The van der Waals surface area contributed by atoms with Gasteiger partial charge in [-0.3, -0.25) is 0 Å². The van der Waals surface area contributed by atoms with Gasteiger partial charge in [0.1, 0.15) is 0 Å². The number of rotatable bonds is 3. The van der Waals surface area contributed by atoms with Gasteiger partial charge in [0.05, 0.1) is 0 Å². The third-order valence-electron chi connectivity index (χ3n) is 1.17. The molecule has 0 aromatic rings. The van der Waals surface area contributed by atoms with Crippen molar-refractivity contribution in [1.82, 2.24) is 0 Å². The van der Waals surface area contributed by atoms with Crippen LogP contribution in [0.2, 0.25) is 0 Å². The molecule has 0 aromatic carbocycles. The molecule has 0 amide bonds. The molecular formula is C8H15Br. The van der Waals surface area contributed by atoms with Crippen molar-refractivity contribution >= 4 is 15.9 Å². The van der Waals surface area contributed by atoms with Crippen molar-refractivity contribution in [1.29, 1.82) is 0 Å². The van der Waals surface area contributed by atoms with Crippen molar-refractivity contribution < 1.29 is 0 Å². The molecule has 0 radical (unpaired) electrons. The highest BCUT2D eigenvalue weighted by Crippen LogP contribution is 2.09. The highest BCUT2D eigenvalue weighted by Gasteiger charge is 1.89. The second kappa shape index (κ2) is 5.04. The van der Waals surface area contributed by atoms with Crippen LogP contribution in [-0.2, 0) is 0 Å². The Hall–Kier alpha value is 0.220. The van der Waals surface area contributed by atoms with E-state index in [0.717, 1.165) is 5.92 Å². The summed E-state index contributed by atoms with van der Waals surface area (Å²) in [5.74, 6) is 0.827. The molecule has 54 valence electrons. The Kier molecular flexibility index (Phi) is 5.16. The van der Waals surface area contributed by atoms with E-state index in [1.807, 2.05) is 0 Å². The van der Waals surface area contributed by atoms with E-state index in [9.17, 15) is 0 Å². The third-order valence-corrected chi connectivity index (χ3v) is 1.49. The fourth-order valence-corrected chi connectivity index (χ4v) is 0.844. The van der Waals surface area contributed by atoms with Crippen LogP contribution in [0.15, 0.2) is 10.6 Å². The Morgan fingerprint density at radius 2 is 2.11 bits per heavy atom. The van der Waals surface area contributed by atoms with Gasteiger partial charge in [-0.15, -0.1) is 0 Å². The summed E-state index contributed by atoms with van der Waals surface area (Å²) >= 11 is 3.39. The van der Waals surface area contributed by atoms with Crippen LogP contribution in [0.3, 0.4) is 0 Å². The molecule has 0 saturated carbocycles. The Morgan fingerprint density at radius 1 is 1.56 bits per heavy atom. The van der Waals surface area contributed by atoms with Crippen molar-refractivity contribution in [3.8, 4) is 0 Å². The Bertz CT molecular complexity index is 88.7. The fourth-order valence-electron chi connectivity index (χ4n) is 0.616. The second-order valence-corrected chi connectivity index (χ2v) is 4.01. The predicted molar refractivity (Wildman–Crippen MR) is 46.8 cm³/mol. The Labute approximate surface area is 66.5 Å². The van der Waals surface area contributed by atoms with Crippen LogP contribution in [0.25, 0.3) is 0 Å². The van der Waals surface area contributed by atoms with E-state index in [0.29, 0.717) is 0 Å². The van der Waals surface area contributed by atoms with Gasteiger partial charge in [-0.2, -0.15) is 0 Å². The molecule has 0 bridgehead atoms. The molecule has 0 atom stereocenters. The summed E-state index contributed by atoms with van der Waals surface area (Å²) in [6.45, 7) is 6.56. The first-order valence-corrected chi connectivity index (χ1v) is 4.24. The molecule has 0 rings (SSSR count). The van der Waals surface area contributed by atoms with Gasteiger partial charge in [-0.1, -0.05) is 35.9 Å². The summed E-state index contributed by atoms with van der Waals surface area (Å²) in [4.78, 5) is 0. The summed E-state index contributed by atoms with van der Waals surface area (Å²) < 4.78 is 1.25. The molecule has 0 spiro atoms. The standard InChI is InChI=1S/C8H15Br/c1-7(2)5-4-6-8(3)9/h6-7H,4-5H2,1-3H3/b8-6+. The quantitative estimate of drug-likeness (QED) is 0.637. The van der Waals surface area contributed by atoms with Gasteiger partial charge in [-0.05, 0) is 30.2 Å². The van der Waals surface area contributed by atoms with Crippen LogP contribution in [0.5, 0.6) is 0 Å². The normalized spacial score (nSPS) is 12.8. The molecule has 0 nitrogen and oxygen atoms in total. The topological polar surface area (TPSA) is 0 Å². The van der Waals surface area contributed by atoms with E-state index in [1.165, 1.54) is 17.3 Å². The zero-order valence-corrected chi connectivity index (χ0v) is 8.03. The lowest BCUT2D eigenvalue weighted by Crippen LogP contribution is -1.83. The van der Waals surface area contributed by atoms with Crippen molar-refractivity contribution in [3.05, 3.63) is 10.6 Å². The van der Waals surface area contributed by atoms with Crippen LogP contribution in [0.1, 0.15) is 33.6 Å². The van der Waals surface area contributed by atoms with E-state index >= 15 is 0 Å². The molecular weight excluding hydrogens is 176 g/mol. The van der Waals surface area contributed by atoms with Crippen molar-refractivity contribution in [2.75, 3.05) is 0 Å². The van der Waals surface area contributed by atoms with E-state index in [4.69, 9.17) is 0 Å². The summed E-state index contributed by atoms with van der Waals surface area (Å²) in [5.41, 5.74) is 0. The maximum Gasteiger partial charge on any atom is -0.0120 e. The minimum atomic E-state index is 0.827. The molecule has 0 aliphatic rings. The van der Waals surface area contributed by atoms with Crippen LogP contribution in [0, 0.1) is 5.92 Å². The first kappa shape index (κ1) is 9.22. The van der Waals surface area contributed by atoms with Gasteiger partial charge >= 0.3 is 0 Å². The van der Waals surface area contributed by atoms with Gasteiger partial charge in [0.25, 0.3) is 0 Å². The molecule has 0 heterocycles. The fraction of sp³-hybridized carbons (Fsp3) is 0.750. The third kappa shape index (κ3) is 8.22. The zero-order chi connectivity index (χ0) is 7.28. The van der Waals surface area contributed by atoms with Gasteiger partial charge < -0.3 is 0 Å². The summed E-state index contributed by atoms with van der Waals surface area (Å²) in [6.07, 6.45) is 4.72. The maximum absolute atomic E-state index is 3.39. The van der Waals surface area contributed by atoms with Crippen molar-refractivity contribution in [3.63, 3.8) is 0 Å². The highest BCUT2D eigenvalue weighted by molar-refractivity contribution is 9.11. The highest BCUT2D eigenvalue weighted by atomic mass is 79.9. The van der Waals surface area contributed by atoms with E-state index in [1.54, 1.807) is 0 Å². The van der Waals surface area contributed by atoms with Crippen molar-refractivity contribution in [2.45, 2.75) is 33.6 Å². The minimum Gasteiger partial charge on any atom is -0.0746 e. The summed E-state index contributed by atoms with van der Waals surface area (Å²) in [6, 6.07) is 0. The molecule has 0 aliphatic carbocycles. The van der Waals surface area contributed by atoms with Crippen LogP contribution < -0.4 is 0 Å². The van der Waals surface area contributed by atoms with E-state index in [2.05, 4.69) is 42.8 Å². The first-order chi connectivity index (χ1) is 4.13. The zero-order valence-electron chi connectivity index (χ0n) is 6.45. The monoisotopic (exact) mass is 190 g/mol. The number of halogens is 1. The van der Waals surface area contributed by atoms with Gasteiger partial charge in [0.15, 0.2) is 0 Å². The second-order valence-electron chi connectivity index (χ2n) is 2.76. The lowest BCUT2D eigenvalue weighted by Gasteiger charge is -1.98. The number of hydrogen-bond donors (Lipinski definition) is 0. The molecule has 1 heteroatoms. The lowest BCUT2D eigenvalue weighted by molar-refractivity contribution is 0.594. The Morgan fingerprint density at radius 3 is 2.44 bits per heavy atom. The summed E-state index contributed by atoms with van der Waals surface area (Å²) in [7, 11) is 0. The molecule has 0 N–H and O–H groups in total. The molecule has 9 heavy (non-hydrogen) atoms. The molecule has 0 fully saturated rings. The average molecular weight is 191 g/mol. The Balaban J connectivity index is 3.20. The molecule has 0 aromatic heterocycles. The average Bonchev–Trinajstić information content (AvgIpc) is 1.63. The van der Waals surface area contributed by atoms with Gasteiger partial charge in [-0.25, -0.2) is 0 Å². The van der Waals surface area contributed by atoms with Crippen LogP contribution in [0.4, 0.5) is 0 Å². The van der Waals surface area contributed by atoms with Gasteiger partial charge in [0, 0.05) is 0 Å². The molecule has 0 saturated heterocycles. The van der Waals surface area contributed by atoms with E-state index < -0.39 is 0 Å². The summed E-state index contributed by atoms with van der Waals surface area (Å²) in [5, 5.41) is 0. The van der Waals surface area contributed by atoms with Crippen LogP contribution in [-0.4, -0.2) is 0 Å². The molecule has 0 aliphatic heterocycles. The SMILES string of the molecule is C/C(Br)=C\CCC(C)C. The predicted octanol–water partition coefficient (Wildman–Crippen LogP) is 3.72. The molecule has 0 unspecified atom stereocenters. The number of allylic oxidation sites excluding steroid dienone is 2. The van der Waals surface area contributed by atoms with Gasteiger partial charge in [0.2, 0.25) is 0 Å². The maximum atomic E-state index is 3.39. The lowest BCUT2D eigenvalue weighted by atomic mass is 10.1. The van der Waals surface area contributed by atoms with Crippen LogP contribution >= 0.6 is 15.9 Å². The first-order valence-electron chi connectivity index (χ1n) is 3.45.